The van der Waals surface area contributed by atoms with Crippen LogP contribution in [0.1, 0.15) is 74.3 Å². The van der Waals surface area contributed by atoms with E-state index < -0.39 is 5.54 Å². The van der Waals surface area contributed by atoms with Crippen LogP contribution in [0, 0.1) is 0 Å². The molecule has 2 atom stereocenters. The molecule has 0 unspecified atom stereocenters. The van der Waals surface area contributed by atoms with E-state index in [0.29, 0.717) is 18.8 Å². The van der Waals surface area contributed by atoms with Crippen LogP contribution in [0.5, 0.6) is 0 Å². The van der Waals surface area contributed by atoms with Crippen LogP contribution in [0.2, 0.25) is 0 Å². The van der Waals surface area contributed by atoms with Gasteiger partial charge >= 0.3 is 0 Å². The predicted molar refractivity (Wildman–Crippen MR) is 136 cm³/mol. The second kappa shape index (κ2) is 9.28. The first-order chi connectivity index (χ1) is 16.5. The lowest BCUT2D eigenvalue weighted by Crippen LogP contribution is -2.65. The minimum absolute atomic E-state index is 0.0311. The number of para-hydroxylation sites is 1. The zero-order valence-corrected chi connectivity index (χ0v) is 20.3. The van der Waals surface area contributed by atoms with E-state index in [1.807, 2.05) is 64.9 Å². The van der Waals surface area contributed by atoms with Crippen LogP contribution in [0.4, 0.5) is 0 Å². The van der Waals surface area contributed by atoms with Crippen LogP contribution in [0.25, 0.3) is 10.9 Å². The van der Waals surface area contributed by atoms with Crippen LogP contribution in [-0.2, 0) is 11.3 Å². The van der Waals surface area contributed by atoms with Gasteiger partial charge in [0.15, 0.2) is 0 Å². The SMILES string of the molecule is C[C@H](CN1C(=O)c2cc3ccccc3n2C[C@]1(C)C(=O)NC1CCCCCC1)c1ccccc1. The maximum Gasteiger partial charge on any atom is 0.271 e. The van der Waals surface area contributed by atoms with Gasteiger partial charge in [-0.15, -0.1) is 0 Å². The molecule has 5 nitrogen and oxygen atoms in total. The minimum Gasteiger partial charge on any atom is -0.351 e. The van der Waals surface area contributed by atoms with Gasteiger partial charge in [0.1, 0.15) is 11.2 Å². The van der Waals surface area contributed by atoms with E-state index in [-0.39, 0.29) is 23.8 Å². The molecule has 0 bridgehead atoms. The summed E-state index contributed by atoms with van der Waals surface area (Å²) in [6.07, 6.45) is 6.83. The van der Waals surface area contributed by atoms with Crippen molar-refractivity contribution in [1.29, 1.82) is 0 Å². The summed E-state index contributed by atoms with van der Waals surface area (Å²) in [5.74, 6) is 0.0197. The Balaban J connectivity index is 1.51. The third kappa shape index (κ3) is 4.13. The first-order valence-corrected chi connectivity index (χ1v) is 12.7. The number of nitrogens with one attached hydrogen (secondary N) is 1. The lowest BCUT2D eigenvalue weighted by atomic mass is 9.91. The van der Waals surface area contributed by atoms with Crippen molar-refractivity contribution in [3.8, 4) is 0 Å². The summed E-state index contributed by atoms with van der Waals surface area (Å²) < 4.78 is 2.05. The highest BCUT2D eigenvalue weighted by Crippen LogP contribution is 2.34. The van der Waals surface area contributed by atoms with Crippen LogP contribution < -0.4 is 5.32 Å². The largest absolute Gasteiger partial charge is 0.351 e. The number of aromatic nitrogens is 1. The molecule has 5 heteroatoms. The van der Waals surface area contributed by atoms with Gasteiger partial charge in [-0.1, -0.05) is 81.1 Å². The third-order valence-electron chi connectivity index (χ3n) is 7.84. The average molecular weight is 458 g/mol. The maximum absolute atomic E-state index is 13.9. The number of hydrogen-bond donors (Lipinski definition) is 1. The van der Waals surface area contributed by atoms with Crippen molar-refractivity contribution in [1.82, 2.24) is 14.8 Å². The topological polar surface area (TPSA) is 54.3 Å². The van der Waals surface area contributed by atoms with Gasteiger partial charge in [-0.2, -0.15) is 0 Å². The van der Waals surface area contributed by atoms with E-state index in [4.69, 9.17) is 0 Å². The molecule has 1 aliphatic heterocycles. The van der Waals surface area contributed by atoms with Crippen molar-refractivity contribution in [2.45, 2.75) is 76.4 Å². The molecule has 1 fully saturated rings. The first-order valence-electron chi connectivity index (χ1n) is 12.7. The van der Waals surface area contributed by atoms with Crippen molar-refractivity contribution >= 4 is 22.7 Å². The monoisotopic (exact) mass is 457 g/mol. The minimum atomic E-state index is -0.957. The fourth-order valence-electron chi connectivity index (χ4n) is 5.72. The lowest BCUT2D eigenvalue weighted by molar-refractivity contribution is -0.133. The summed E-state index contributed by atoms with van der Waals surface area (Å²) in [4.78, 5) is 29.7. The Bertz CT molecular complexity index is 1180. The van der Waals surface area contributed by atoms with Gasteiger partial charge in [0, 0.05) is 23.5 Å². The number of benzene rings is 2. The average Bonchev–Trinajstić information content (AvgIpc) is 3.02. The molecule has 3 aromatic rings. The summed E-state index contributed by atoms with van der Waals surface area (Å²) >= 11 is 0. The molecule has 2 aliphatic rings. The van der Waals surface area contributed by atoms with Crippen molar-refractivity contribution < 1.29 is 9.59 Å². The Labute approximate surface area is 202 Å². The van der Waals surface area contributed by atoms with Gasteiger partial charge in [0.05, 0.1) is 6.54 Å². The Hall–Kier alpha value is -3.08. The van der Waals surface area contributed by atoms with E-state index in [1.165, 1.54) is 18.4 Å². The number of fused-ring (bicyclic) bond motifs is 3. The number of carbonyl (C=O) groups excluding carboxylic acids is 2. The van der Waals surface area contributed by atoms with Gasteiger partial charge in [0.2, 0.25) is 5.91 Å². The second-order valence-corrected chi connectivity index (χ2v) is 10.3. The zero-order chi connectivity index (χ0) is 23.7. The Morgan fingerprint density at radius 3 is 2.44 bits per heavy atom. The standard InChI is InChI=1S/C29H35N3O2/c1-21(22-12-6-5-7-13-22)19-32-27(33)26-18-23-14-10-11-17-25(23)31(26)20-29(32,2)28(34)30-24-15-8-3-4-9-16-24/h5-7,10-14,17-18,21,24H,3-4,8-9,15-16,19-20H2,1-2H3,(H,30,34)/t21-,29-/m1/s1. The highest BCUT2D eigenvalue weighted by Gasteiger charge is 2.48. The van der Waals surface area contributed by atoms with Crippen LogP contribution in [0.3, 0.4) is 0 Å². The molecule has 0 radical (unpaired) electrons. The molecule has 2 heterocycles. The van der Waals surface area contributed by atoms with Crippen LogP contribution in [0.15, 0.2) is 60.7 Å². The number of hydrogen-bond acceptors (Lipinski definition) is 2. The molecular formula is C29H35N3O2. The van der Waals surface area contributed by atoms with E-state index >= 15 is 0 Å². The van der Waals surface area contributed by atoms with Gasteiger partial charge < -0.3 is 14.8 Å². The van der Waals surface area contributed by atoms with Gasteiger partial charge in [-0.05, 0) is 43.4 Å². The zero-order valence-electron chi connectivity index (χ0n) is 20.3. The molecule has 0 saturated heterocycles. The molecule has 2 amide bonds. The van der Waals surface area contributed by atoms with Crippen LogP contribution >= 0.6 is 0 Å². The third-order valence-corrected chi connectivity index (χ3v) is 7.84. The molecule has 1 aromatic heterocycles. The molecule has 1 aliphatic carbocycles. The summed E-state index contributed by atoms with van der Waals surface area (Å²) in [5, 5.41) is 4.39. The van der Waals surface area contributed by atoms with E-state index in [2.05, 4.69) is 24.4 Å². The number of rotatable bonds is 5. The van der Waals surface area contributed by atoms with E-state index in [0.717, 1.165) is 36.6 Å². The predicted octanol–water partition coefficient (Wildman–Crippen LogP) is 5.50. The number of nitrogens with zero attached hydrogens (tertiary/aromatic N) is 2. The highest BCUT2D eigenvalue weighted by atomic mass is 16.2. The van der Waals surface area contributed by atoms with Crippen molar-refractivity contribution in [2.24, 2.45) is 0 Å². The summed E-state index contributed by atoms with van der Waals surface area (Å²) in [6.45, 7) is 5.05. The molecule has 34 heavy (non-hydrogen) atoms. The molecule has 178 valence electrons. The number of carbonyl (C=O) groups is 2. The molecule has 1 N–H and O–H groups in total. The van der Waals surface area contributed by atoms with E-state index in [9.17, 15) is 9.59 Å². The maximum atomic E-state index is 13.9. The number of amides is 2. The first kappa shape index (κ1) is 22.7. The Morgan fingerprint density at radius 1 is 1.03 bits per heavy atom. The van der Waals surface area contributed by atoms with Gasteiger partial charge in [0.25, 0.3) is 5.91 Å². The molecule has 0 spiro atoms. The quantitative estimate of drug-likeness (QED) is 0.515. The summed E-state index contributed by atoms with van der Waals surface area (Å²) in [7, 11) is 0. The van der Waals surface area contributed by atoms with Crippen molar-refractivity contribution in [2.75, 3.05) is 6.54 Å². The molecule has 2 aromatic carbocycles. The lowest BCUT2D eigenvalue weighted by Gasteiger charge is -2.45. The highest BCUT2D eigenvalue weighted by molar-refractivity contribution is 6.03. The van der Waals surface area contributed by atoms with E-state index in [1.54, 1.807) is 0 Å². The summed E-state index contributed by atoms with van der Waals surface area (Å²) in [6, 6.07) is 20.5. The fraction of sp³-hybridized carbons (Fsp3) is 0.448. The molecule has 1 saturated carbocycles. The smallest absolute Gasteiger partial charge is 0.271 e. The van der Waals surface area contributed by atoms with Gasteiger partial charge in [-0.3, -0.25) is 9.59 Å². The van der Waals surface area contributed by atoms with Gasteiger partial charge in [-0.25, -0.2) is 0 Å². The van der Waals surface area contributed by atoms with Crippen molar-refractivity contribution in [3.05, 3.63) is 71.9 Å². The van der Waals surface area contributed by atoms with Crippen molar-refractivity contribution in [3.63, 3.8) is 0 Å². The molecule has 5 rings (SSSR count). The second-order valence-electron chi connectivity index (χ2n) is 10.3. The Morgan fingerprint density at radius 2 is 1.71 bits per heavy atom. The Kier molecular flexibility index (Phi) is 6.20. The summed E-state index contributed by atoms with van der Waals surface area (Å²) in [5.41, 5.74) is 1.89. The molecular weight excluding hydrogens is 422 g/mol. The normalized spacial score (nSPS) is 22.3. The van der Waals surface area contributed by atoms with Crippen LogP contribution in [-0.4, -0.2) is 39.4 Å². The fourth-order valence-corrected chi connectivity index (χ4v) is 5.72.